The van der Waals surface area contributed by atoms with E-state index in [1.54, 1.807) is 7.11 Å². The molecule has 0 unspecified atom stereocenters. The summed E-state index contributed by atoms with van der Waals surface area (Å²) >= 11 is 0. The van der Waals surface area contributed by atoms with Gasteiger partial charge in [0.1, 0.15) is 5.75 Å². The van der Waals surface area contributed by atoms with Crippen LogP contribution >= 0.6 is 0 Å². The molecule has 0 heterocycles. The van der Waals surface area contributed by atoms with Gasteiger partial charge in [0.15, 0.2) is 0 Å². The van der Waals surface area contributed by atoms with Gasteiger partial charge >= 0.3 is 0 Å². The number of methoxy groups -OCH3 is 1. The summed E-state index contributed by atoms with van der Waals surface area (Å²) in [6, 6.07) is 16.5. The zero-order chi connectivity index (χ0) is 12.8. The highest BCUT2D eigenvalue weighted by Gasteiger charge is 2.05. The molecule has 0 aliphatic carbocycles. The standard InChI is InChI=1S/C16H18O2/c1-18-16-12-15(13-6-3-2-4-7-13)10-9-14(16)8-5-11-17/h2-4,6-7,9-10,12,17H,5,8,11H2,1H3. The number of benzene rings is 2. The molecule has 2 nitrogen and oxygen atoms in total. The molecule has 0 spiro atoms. The van der Waals surface area contributed by atoms with Crippen LogP contribution in [0.3, 0.4) is 0 Å². The van der Waals surface area contributed by atoms with Gasteiger partial charge in [0.25, 0.3) is 0 Å². The third-order valence-corrected chi connectivity index (χ3v) is 3.00. The third-order valence-electron chi connectivity index (χ3n) is 3.00. The van der Waals surface area contributed by atoms with Crippen molar-refractivity contribution < 1.29 is 9.84 Å². The minimum absolute atomic E-state index is 0.212. The minimum atomic E-state index is 0.212. The predicted molar refractivity (Wildman–Crippen MR) is 73.8 cm³/mol. The Morgan fingerprint density at radius 1 is 1.00 bits per heavy atom. The van der Waals surface area contributed by atoms with E-state index >= 15 is 0 Å². The normalized spacial score (nSPS) is 10.3. The average Bonchev–Trinajstić information content (AvgIpc) is 2.46. The number of hydrogen-bond acceptors (Lipinski definition) is 2. The molecule has 94 valence electrons. The van der Waals surface area contributed by atoms with Crippen molar-refractivity contribution in [2.24, 2.45) is 0 Å². The number of aliphatic hydroxyl groups excluding tert-OH is 1. The zero-order valence-corrected chi connectivity index (χ0v) is 10.6. The van der Waals surface area contributed by atoms with E-state index in [1.807, 2.05) is 18.2 Å². The van der Waals surface area contributed by atoms with Gasteiger partial charge in [0, 0.05) is 6.61 Å². The number of aliphatic hydroxyl groups is 1. The van der Waals surface area contributed by atoms with Crippen LogP contribution in [0.1, 0.15) is 12.0 Å². The molecule has 0 fully saturated rings. The molecule has 0 bridgehead atoms. The van der Waals surface area contributed by atoms with Crippen molar-refractivity contribution in [2.45, 2.75) is 12.8 Å². The molecule has 2 aromatic carbocycles. The Morgan fingerprint density at radius 3 is 2.44 bits per heavy atom. The first kappa shape index (κ1) is 12.7. The van der Waals surface area contributed by atoms with E-state index in [-0.39, 0.29) is 6.61 Å². The Morgan fingerprint density at radius 2 is 1.78 bits per heavy atom. The summed E-state index contributed by atoms with van der Waals surface area (Å²) in [6.07, 6.45) is 1.61. The smallest absolute Gasteiger partial charge is 0.122 e. The molecule has 0 aliphatic heterocycles. The monoisotopic (exact) mass is 242 g/mol. The summed E-state index contributed by atoms with van der Waals surface area (Å²) < 4.78 is 5.42. The van der Waals surface area contributed by atoms with Gasteiger partial charge < -0.3 is 9.84 Å². The predicted octanol–water partition coefficient (Wildman–Crippen LogP) is 3.29. The molecular weight excluding hydrogens is 224 g/mol. The van der Waals surface area contributed by atoms with Crippen LogP contribution in [0.2, 0.25) is 0 Å². The van der Waals surface area contributed by atoms with Crippen LogP contribution in [0.15, 0.2) is 48.5 Å². The highest BCUT2D eigenvalue weighted by molar-refractivity contribution is 5.66. The Labute approximate surface area is 108 Å². The van der Waals surface area contributed by atoms with Crippen LogP contribution in [-0.4, -0.2) is 18.8 Å². The summed E-state index contributed by atoms with van der Waals surface area (Å²) in [4.78, 5) is 0. The van der Waals surface area contributed by atoms with Gasteiger partial charge in [-0.1, -0.05) is 42.5 Å². The van der Waals surface area contributed by atoms with E-state index in [0.717, 1.165) is 29.7 Å². The molecule has 0 atom stereocenters. The van der Waals surface area contributed by atoms with E-state index in [9.17, 15) is 0 Å². The van der Waals surface area contributed by atoms with Gasteiger partial charge in [-0.2, -0.15) is 0 Å². The average molecular weight is 242 g/mol. The molecule has 2 aromatic rings. The maximum Gasteiger partial charge on any atom is 0.122 e. The zero-order valence-electron chi connectivity index (χ0n) is 10.6. The fraction of sp³-hybridized carbons (Fsp3) is 0.250. The van der Waals surface area contributed by atoms with E-state index in [4.69, 9.17) is 9.84 Å². The second-order valence-electron chi connectivity index (χ2n) is 4.22. The largest absolute Gasteiger partial charge is 0.496 e. The summed E-state index contributed by atoms with van der Waals surface area (Å²) in [5.41, 5.74) is 3.48. The molecule has 1 N–H and O–H groups in total. The Bertz CT molecular complexity index is 492. The second-order valence-corrected chi connectivity index (χ2v) is 4.22. The Balaban J connectivity index is 2.30. The summed E-state index contributed by atoms with van der Waals surface area (Å²) in [5.74, 6) is 0.893. The van der Waals surface area contributed by atoms with E-state index < -0.39 is 0 Å². The molecule has 2 rings (SSSR count). The number of hydrogen-bond donors (Lipinski definition) is 1. The van der Waals surface area contributed by atoms with Gasteiger partial charge in [-0.25, -0.2) is 0 Å². The highest BCUT2D eigenvalue weighted by atomic mass is 16.5. The topological polar surface area (TPSA) is 29.5 Å². The lowest BCUT2D eigenvalue weighted by molar-refractivity contribution is 0.287. The maximum absolute atomic E-state index is 8.88. The van der Waals surface area contributed by atoms with Gasteiger partial charge in [0.05, 0.1) is 7.11 Å². The van der Waals surface area contributed by atoms with Gasteiger partial charge in [0.2, 0.25) is 0 Å². The quantitative estimate of drug-likeness (QED) is 0.871. The molecule has 0 radical (unpaired) electrons. The lowest BCUT2D eigenvalue weighted by atomic mass is 10.0. The summed E-state index contributed by atoms with van der Waals surface area (Å²) in [5, 5.41) is 8.88. The Hall–Kier alpha value is -1.80. The van der Waals surface area contributed by atoms with Crippen LogP contribution in [0.25, 0.3) is 11.1 Å². The van der Waals surface area contributed by atoms with Crippen LogP contribution < -0.4 is 4.74 Å². The van der Waals surface area contributed by atoms with Crippen LogP contribution in [0.4, 0.5) is 0 Å². The van der Waals surface area contributed by atoms with E-state index in [1.165, 1.54) is 5.56 Å². The first-order valence-corrected chi connectivity index (χ1v) is 6.18. The van der Waals surface area contributed by atoms with Crippen molar-refractivity contribution in [3.8, 4) is 16.9 Å². The minimum Gasteiger partial charge on any atom is -0.496 e. The number of aryl methyl sites for hydroxylation is 1. The first-order valence-electron chi connectivity index (χ1n) is 6.18. The lowest BCUT2D eigenvalue weighted by Crippen LogP contribution is -1.95. The van der Waals surface area contributed by atoms with Crippen molar-refractivity contribution in [3.05, 3.63) is 54.1 Å². The molecule has 18 heavy (non-hydrogen) atoms. The molecule has 0 saturated carbocycles. The van der Waals surface area contributed by atoms with E-state index in [0.29, 0.717) is 0 Å². The molecule has 2 heteroatoms. The maximum atomic E-state index is 8.88. The molecule has 0 aliphatic rings. The van der Waals surface area contributed by atoms with Crippen LogP contribution in [-0.2, 0) is 6.42 Å². The van der Waals surface area contributed by atoms with Gasteiger partial charge in [-0.15, -0.1) is 0 Å². The highest BCUT2D eigenvalue weighted by Crippen LogP contribution is 2.27. The van der Waals surface area contributed by atoms with Crippen molar-refractivity contribution >= 4 is 0 Å². The van der Waals surface area contributed by atoms with Crippen molar-refractivity contribution in [2.75, 3.05) is 13.7 Å². The van der Waals surface area contributed by atoms with Crippen molar-refractivity contribution in [3.63, 3.8) is 0 Å². The third kappa shape index (κ3) is 2.90. The van der Waals surface area contributed by atoms with E-state index in [2.05, 4.69) is 30.3 Å². The molecule has 0 aromatic heterocycles. The SMILES string of the molecule is COc1cc(-c2ccccc2)ccc1CCCO. The molecule has 0 amide bonds. The first-order chi connectivity index (χ1) is 8.85. The summed E-state index contributed by atoms with van der Waals surface area (Å²) in [7, 11) is 1.69. The molecule has 0 saturated heterocycles. The lowest BCUT2D eigenvalue weighted by Gasteiger charge is -2.10. The molecular formula is C16H18O2. The fourth-order valence-corrected chi connectivity index (χ4v) is 2.03. The summed E-state index contributed by atoms with van der Waals surface area (Å²) in [6.45, 7) is 0.212. The Kier molecular flexibility index (Phi) is 4.37. The van der Waals surface area contributed by atoms with Crippen LogP contribution in [0.5, 0.6) is 5.75 Å². The number of rotatable bonds is 5. The van der Waals surface area contributed by atoms with Crippen LogP contribution in [0, 0.1) is 0 Å². The van der Waals surface area contributed by atoms with Gasteiger partial charge in [-0.3, -0.25) is 0 Å². The van der Waals surface area contributed by atoms with Gasteiger partial charge in [-0.05, 0) is 35.6 Å². The van der Waals surface area contributed by atoms with Crippen molar-refractivity contribution in [1.29, 1.82) is 0 Å². The number of ether oxygens (including phenoxy) is 1. The van der Waals surface area contributed by atoms with Crippen molar-refractivity contribution in [1.82, 2.24) is 0 Å². The second kappa shape index (κ2) is 6.22. The fourth-order valence-electron chi connectivity index (χ4n) is 2.03.